The molecule has 5 saturated carbocycles. The lowest BCUT2D eigenvalue weighted by atomic mass is 9.39. The zero-order valence-corrected chi connectivity index (χ0v) is 32.5. The van der Waals surface area contributed by atoms with Gasteiger partial charge in [-0.3, -0.25) is 19.2 Å². The van der Waals surface area contributed by atoms with Gasteiger partial charge in [-0.05, 0) is 135 Å². The summed E-state index contributed by atoms with van der Waals surface area (Å²) in [6.07, 6.45) is 10.5. The zero-order valence-electron chi connectivity index (χ0n) is 32.5. The number of aliphatic hydroxyl groups is 1. The molecule has 51 heavy (non-hydrogen) atoms. The Morgan fingerprint density at radius 3 is 2.35 bits per heavy atom. The Kier molecular flexibility index (Phi) is 10.6. The highest BCUT2D eigenvalue weighted by atomic mass is 16.4. The molecule has 6 N–H and O–H groups in total. The molecule has 5 fully saturated rings. The first-order valence-electron chi connectivity index (χ1n) is 20.3. The second-order valence-electron chi connectivity index (χ2n) is 19.4. The Balaban J connectivity index is 1.20. The van der Waals surface area contributed by atoms with E-state index in [9.17, 15) is 29.4 Å². The van der Waals surface area contributed by atoms with Crippen LogP contribution in [0.4, 0.5) is 0 Å². The number of ketones is 2. The molecule has 12 atom stereocenters. The molecule has 0 aromatic carbocycles. The highest BCUT2D eigenvalue weighted by Gasteiger charge is 2.63. The highest BCUT2D eigenvalue weighted by molar-refractivity contribution is 6.01. The average Bonchev–Trinajstić information content (AvgIpc) is 3.33. The molecule has 9 heteroatoms. The minimum atomic E-state index is -1.42. The minimum absolute atomic E-state index is 0.0308. The molecule has 6 aliphatic carbocycles. The van der Waals surface area contributed by atoms with Crippen molar-refractivity contribution in [2.45, 2.75) is 131 Å². The normalized spacial score (nSPS) is 41.1. The van der Waals surface area contributed by atoms with Crippen LogP contribution in [0.25, 0.3) is 0 Å². The molecule has 6 aliphatic rings. The van der Waals surface area contributed by atoms with Gasteiger partial charge < -0.3 is 26.6 Å². The number of amides is 1. The molecule has 12 unspecified atom stereocenters. The van der Waals surface area contributed by atoms with E-state index in [1.54, 1.807) is 7.05 Å². The van der Waals surface area contributed by atoms with Gasteiger partial charge in [-0.1, -0.05) is 47.1 Å². The van der Waals surface area contributed by atoms with Crippen molar-refractivity contribution in [3.63, 3.8) is 0 Å². The molecule has 0 heterocycles. The maximum Gasteiger partial charge on any atom is 0.306 e. The van der Waals surface area contributed by atoms with Crippen LogP contribution >= 0.6 is 0 Å². The molecule has 6 rings (SSSR count). The van der Waals surface area contributed by atoms with Crippen molar-refractivity contribution in [1.82, 2.24) is 10.6 Å². The second-order valence-corrected chi connectivity index (χ2v) is 19.4. The summed E-state index contributed by atoms with van der Waals surface area (Å²) in [6, 6.07) is 0. The lowest BCUT2D eigenvalue weighted by molar-refractivity contribution is -0.163. The van der Waals surface area contributed by atoms with Crippen LogP contribution < -0.4 is 16.4 Å². The number of nitrogens with one attached hydrogen (secondary N) is 2. The summed E-state index contributed by atoms with van der Waals surface area (Å²) in [6.45, 7) is 14.0. The molecule has 0 radical (unpaired) electrons. The van der Waals surface area contributed by atoms with Crippen molar-refractivity contribution in [3.05, 3.63) is 11.1 Å². The summed E-state index contributed by atoms with van der Waals surface area (Å²) in [5, 5.41) is 26.5. The number of likely N-dealkylation sites (N-methyl/N-ethyl adjacent to an activating group) is 1. The Labute approximate surface area is 306 Å². The lowest BCUT2D eigenvalue weighted by Gasteiger charge is -2.65. The van der Waals surface area contributed by atoms with E-state index in [-0.39, 0.29) is 77.9 Å². The van der Waals surface area contributed by atoms with E-state index in [4.69, 9.17) is 5.73 Å². The van der Waals surface area contributed by atoms with E-state index >= 15 is 0 Å². The van der Waals surface area contributed by atoms with Crippen LogP contribution in [0.3, 0.4) is 0 Å². The maximum absolute atomic E-state index is 13.8. The van der Waals surface area contributed by atoms with Gasteiger partial charge in [0.1, 0.15) is 5.78 Å². The number of carbonyl (C=O) groups is 4. The molecule has 0 spiro atoms. The summed E-state index contributed by atoms with van der Waals surface area (Å²) < 4.78 is 0. The number of carboxylic acids is 1. The molecule has 0 aromatic rings. The monoisotopic (exact) mass is 710 g/mol. The first-order chi connectivity index (χ1) is 23.9. The van der Waals surface area contributed by atoms with E-state index in [2.05, 4.69) is 45.3 Å². The summed E-state index contributed by atoms with van der Waals surface area (Å²) in [5.41, 5.74) is 6.38. The van der Waals surface area contributed by atoms with Crippen LogP contribution in [0, 0.1) is 75.4 Å². The number of allylic oxidation sites excluding steroid dienone is 2. The van der Waals surface area contributed by atoms with E-state index in [0.717, 1.165) is 50.5 Å². The van der Waals surface area contributed by atoms with Gasteiger partial charge in [0.15, 0.2) is 11.5 Å². The minimum Gasteiger partial charge on any atom is -0.481 e. The number of fused-ring (bicyclic) bond motifs is 7. The molecular formula is C42H67N3O6. The molecule has 286 valence electrons. The molecule has 9 nitrogen and oxygen atoms in total. The lowest BCUT2D eigenvalue weighted by Crippen LogP contribution is -2.58. The standard InChI is InChI=1S/C42H67N3O6/c1-23(2)36-33(47)20-41(21-35(48)45-42(51,16-17-43)22-44-7)15-13-26-27-9-11-34-39(4,5)25(18-32(46)29-19-30(24(29)3)38(49)50)12-14-40(34,6)31(27)10-8-28(26)37(36)41/h23-31,34,44,51H,8-22,43H2,1-7H3,(H,45,48)(H,49,50). The van der Waals surface area contributed by atoms with Crippen molar-refractivity contribution in [2.24, 2.45) is 81.2 Å². The Morgan fingerprint density at radius 1 is 1.00 bits per heavy atom. The van der Waals surface area contributed by atoms with Gasteiger partial charge in [-0.15, -0.1) is 0 Å². The summed E-state index contributed by atoms with van der Waals surface area (Å²) in [5.74, 6) is 1.96. The second kappa shape index (κ2) is 14.0. The largest absolute Gasteiger partial charge is 0.481 e. The molecule has 0 saturated heterocycles. The topological polar surface area (TPSA) is 159 Å². The molecular weight excluding hydrogens is 642 g/mol. The SMILES string of the molecule is CNCC(O)(CCN)NC(=O)CC12CCC3C(CCC4C3CCC3C(C)(C)C(CC(=O)C5CC(C(=O)O)C5C)CCC43C)C1=C(C(C)C)C(=O)C2. The number of hydrogen-bond donors (Lipinski definition) is 5. The van der Waals surface area contributed by atoms with Crippen molar-refractivity contribution in [3.8, 4) is 0 Å². The Morgan fingerprint density at radius 2 is 1.73 bits per heavy atom. The fourth-order valence-electron chi connectivity index (χ4n) is 13.8. The van der Waals surface area contributed by atoms with Gasteiger partial charge in [0.05, 0.1) is 5.92 Å². The van der Waals surface area contributed by atoms with E-state index in [1.165, 1.54) is 12.0 Å². The highest BCUT2D eigenvalue weighted by Crippen LogP contribution is 2.70. The van der Waals surface area contributed by atoms with Crippen molar-refractivity contribution >= 4 is 23.4 Å². The fourth-order valence-corrected chi connectivity index (χ4v) is 13.8. The number of Topliss-reactive ketones (excluding diaryl/α,β-unsaturated/α-hetero) is 2. The maximum atomic E-state index is 13.8. The Hall–Kier alpha value is -2.10. The molecule has 1 amide bonds. The summed E-state index contributed by atoms with van der Waals surface area (Å²) >= 11 is 0. The first-order valence-corrected chi connectivity index (χ1v) is 20.3. The number of aliphatic carboxylic acids is 1. The quantitative estimate of drug-likeness (QED) is 0.157. The van der Waals surface area contributed by atoms with E-state index in [1.807, 2.05) is 6.92 Å². The number of hydrogen-bond acceptors (Lipinski definition) is 7. The van der Waals surface area contributed by atoms with Crippen molar-refractivity contribution in [2.75, 3.05) is 20.1 Å². The third kappa shape index (κ3) is 6.47. The molecule has 0 aliphatic heterocycles. The third-order valence-corrected chi connectivity index (χ3v) is 16.2. The van der Waals surface area contributed by atoms with Gasteiger partial charge in [0.2, 0.25) is 5.91 Å². The van der Waals surface area contributed by atoms with Crippen LogP contribution in [0.5, 0.6) is 0 Å². The predicted octanol–water partition coefficient (Wildman–Crippen LogP) is 5.88. The number of carboxylic acid groups (broad SMARTS) is 1. The van der Waals surface area contributed by atoms with E-state index < -0.39 is 17.1 Å². The number of carbonyl (C=O) groups excluding carboxylic acids is 3. The van der Waals surface area contributed by atoms with Crippen LogP contribution in [-0.2, 0) is 19.2 Å². The predicted molar refractivity (Wildman–Crippen MR) is 197 cm³/mol. The van der Waals surface area contributed by atoms with Crippen molar-refractivity contribution in [1.29, 1.82) is 0 Å². The third-order valence-electron chi connectivity index (χ3n) is 16.2. The van der Waals surface area contributed by atoms with Gasteiger partial charge in [0.25, 0.3) is 0 Å². The summed E-state index contributed by atoms with van der Waals surface area (Å²) in [7, 11) is 1.74. The number of nitrogens with two attached hydrogens (primary N) is 1. The van der Waals surface area contributed by atoms with Gasteiger partial charge >= 0.3 is 5.97 Å². The van der Waals surface area contributed by atoms with Crippen LogP contribution in [0.15, 0.2) is 11.1 Å². The van der Waals surface area contributed by atoms with Crippen LogP contribution in [-0.4, -0.2) is 59.5 Å². The number of rotatable bonds is 12. The fraction of sp³-hybridized carbons (Fsp3) is 0.857. The Bertz CT molecular complexity index is 1430. The van der Waals surface area contributed by atoms with Crippen LogP contribution in [0.1, 0.15) is 125 Å². The van der Waals surface area contributed by atoms with Crippen molar-refractivity contribution < 1.29 is 29.4 Å². The molecule has 0 aromatic heterocycles. The van der Waals surface area contributed by atoms with Gasteiger partial charge in [0, 0.05) is 43.6 Å². The average molecular weight is 710 g/mol. The van der Waals surface area contributed by atoms with Gasteiger partial charge in [-0.25, -0.2) is 0 Å². The van der Waals surface area contributed by atoms with Crippen LogP contribution in [0.2, 0.25) is 0 Å². The first kappa shape index (κ1) is 38.6. The summed E-state index contributed by atoms with van der Waals surface area (Å²) in [4.78, 5) is 52.7. The molecule has 0 bridgehead atoms. The van der Waals surface area contributed by atoms with E-state index in [0.29, 0.717) is 54.8 Å². The van der Waals surface area contributed by atoms with Gasteiger partial charge in [-0.2, -0.15) is 0 Å². The zero-order chi connectivity index (χ0) is 37.3. The smallest absolute Gasteiger partial charge is 0.306 e.